The van der Waals surface area contributed by atoms with E-state index in [9.17, 15) is 18.7 Å². The Labute approximate surface area is 203 Å². The van der Waals surface area contributed by atoms with Gasteiger partial charge in [0, 0.05) is 31.1 Å². The number of nitrogens with one attached hydrogen (secondary N) is 2. The van der Waals surface area contributed by atoms with E-state index in [1.54, 1.807) is 50.2 Å². The average molecular weight is 492 g/mol. The number of aliphatic hydroxyl groups excluding tert-OH is 1. The zero-order chi connectivity index (χ0) is 25.8. The van der Waals surface area contributed by atoms with Gasteiger partial charge in [-0.2, -0.15) is 0 Å². The average Bonchev–Trinajstić information content (AvgIpc) is 3.62. The molecule has 0 radical (unpaired) electrons. The Balaban J connectivity index is 2.03. The molecule has 1 aromatic carbocycles. The lowest BCUT2D eigenvalue weighted by molar-refractivity contribution is -0.00945. The molecule has 8 nitrogen and oxygen atoms in total. The molecule has 0 atom stereocenters. The molecule has 0 aromatic heterocycles. The molecule has 35 heavy (non-hydrogen) atoms. The number of benzene rings is 1. The minimum Gasteiger partial charge on any atom is -0.496 e. The Morgan fingerprint density at radius 2 is 2.00 bits per heavy atom. The number of rotatable bonds is 11. The zero-order valence-electron chi connectivity index (χ0n) is 20.2. The van der Waals surface area contributed by atoms with Gasteiger partial charge in [-0.25, -0.2) is 8.78 Å². The molecule has 3 rings (SSSR count). The van der Waals surface area contributed by atoms with Gasteiger partial charge in [0.2, 0.25) is 0 Å². The normalized spacial score (nSPS) is 17.1. The number of carbonyl (C=O) groups excluding carboxylic acids is 1. The number of carbonyl (C=O) groups is 1. The van der Waals surface area contributed by atoms with Crippen LogP contribution < -0.4 is 14.8 Å². The molecule has 0 saturated heterocycles. The summed E-state index contributed by atoms with van der Waals surface area (Å²) in [4.78, 5) is 14.6. The van der Waals surface area contributed by atoms with Crippen LogP contribution in [0, 0.1) is 5.41 Å². The number of amides is 1. The van der Waals surface area contributed by atoms with Crippen LogP contribution in [0.2, 0.25) is 0 Å². The van der Waals surface area contributed by atoms with Gasteiger partial charge in [-0.3, -0.25) is 4.79 Å². The molecular formula is C25H31F2N3O5. The maximum Gasteiger partial charge on any atom is 0.272 e. The third-order valence-corrected chi connectivity index (χ3v) is 5.40. The van der Waals surface area contributed by atoms with Crippen LogP contribution in [-0.2, 0) is 4.74 Å². The van der Waals surface area contributed by atoms with E-state index in [2.05, 4.69) is 5.32 Å². The van der Waals surface area contributed by atoms with Crippen LogP contribution >= 0.6 is 0 Å². The predicted molar refractivity (Wildman–Crippen MR) is 128 cm³/mol. The fourth-order valence-electron chi connectivity index (χ4n) is 3.46. The summed E-state index contributed by atoms with van der Waals surface area (Å²) in [6, 6.07) is 3.09. The molecule has 1 aliphatic carbocycles. The van der Waals surface area contributed by atoms with E-state index in [1.165, 1.54) is 13.2 Å². The number of nitrogens with zero attached hydrogens (tertiary/aromatic N) is 1. The number of hydrogen-bond donors (Lipinski definition) is 3. The van der Waals surface area contributed by atoms with Gasteiger partial charge in [0.05, 0.1) is 19.4 Å². The van der Waals surface area contributed by atoms with Crippen molar-refractivity contribution in [3.63, 3.8) is 0 Å². The van der Waals surface area contributed by atoms with Crippen molar-refractivity contribution < 1.29 is 32.9 Å². The fourth-order valence-corrected chi connectivity index (χ4v) is 3.46. The molecule has 1 aromatic rings. The Morgan fingerprint density at radius 1 is 1.31 bits per heavy atom. The number of alkyl halides is 2. The minimum atomic E-state index is -2.73. The van der Waals surface area contributed by atoms with E-state index in [1.807, 2.05) is 0 Å². The van der Waals surface area contributed by atoms with E-state index in [0.717, 1.165) is 19.1 Å². The van der Waals surface area contributed by atoms with Gasteiger partial charge in [-0.1, -0.05) is 0 Å². The number of likely N-dealkylation sites (N-methyl/N-ethyl adjacent to an activating group) is 1. The van der Waals surface area contributed by atoms with E-state index >= 15 is 0 Å². The molecule has 3 N–H and O–H groups in total. The Hall–Kier alpha value is -3.40. The lowest BCUT2D eigenvalue weighted by atomic mass is 9.99. The van der Waals surface area contributed by atoms with Crippen LogP contribution in [0.4, 0.5) is 8.78 Å². The standard InChI is InChI=1S/C25H31F2N3O5/c1-25(2,14-31)35-17-7-8-19(30(3)12-17)18(11-28)15-9-20(33-4)23(24(32)29-16-5-6-16)21(10-15)34-13-22(26)27/h7-12,16,22,28,31H,5-6,13-14H2,1-4H3,(H,29,32)/b19-18+,28-11?. The second-order valence-electron chi connectivity index (χ2n) is 8.94. The first kappa shape index (κ1) is 26.2. The van der Waals surface area contributed by atoms with Crippen molar-refractivity contribution >= 4 is 17.7 Å². The van der Waals surface area contributed by atoms with Crippen LogP contribution in [0.25, 0.3) is 5.57 Å². The second kappa shape index (κ2) is 10.9. The number of aliphatic hydroxyl groups is 1. The summed E-state index contributed by atoms with van der Waals surface area (Å²) in [5.41, 5.74) is 0.765. The van der Waals surface area contributed by atoms with E-state index in [0.29, 0.717) is 22.6 Å². The summed E-state index contributed by atoms with van der Waals surface area (Å²) in [7, 11) is 3.14. The number of ether oxygens (including phenoxy) is 3. The number of halogens is 2. The molecule has 1 heterocycles. The molecule has 190 valence electrons. The van der Waals surface area contributed by atoms with Gasteiger partial charge in [-0.15, -0.1) is 0 Å². The van der Waals surface area contributed by atoms with Crippen molar-refractivity contribution in [2.45, 2.75) is 44.8 Å². The quantitative estimate of drug-likeness (QED) is 0.408. The van der Waals surface area contributed by atoms with Crippen molar-refractivity contribution in [1.82, 2.24) is 10.2 Å². The first-order valence-corrected chi connectivity index (χ1v) is 11.2. The number of hydrogen-bond acceptors (Lipinski definition) is 7. The maximum atomic E-state index is 13.0. The third kappa shape index (κ3) is 6.60. The van der Waals surface area contributed by atoms with Gasteiger partial charge in [0.25, 0.3) is 12.3 Å². The maximum absolute atomic E-state index is 13.0. The highest BCUT2D eigenvalue weighted by molar-refractivity contribution is 6.11. The fraction of sp³-hybridized carbons (Fsp3) is 0.440. The van der Waals surface area contributed by atoms with Crippen LogP contribution in [0.5, 0.6) is 11.5 Å². The first-order chi connectivity index (χ1) is 16.6. The SMILES string of the molecule is COc1cc(/C(C=N)=C2\C=CC(OC(C)(C)CO)=CN2C)cc(OCC(F)F)c1C(=O)NC1CC1. The molecule has 1 aliphatic heterocycles. The Morgan fingerprint density at radius 3 is 2.54 bits per heavy atom. The van der Waals surface area contributed by atoms with Gasteiger partial charge in [0.1, 0.15) is 35.0 Å². The second-order valence-corrected chi connectivity index (χ2v) is 8.94. The molecule has 0 unspecified atom stereocenters. The largest absolute Gasteiger partial charge is 0.496 e. The Bertz CT molecular complexity index is 1060. The van der Waals surface area contributed by atoms with E-state index < -0.39 is 24.5 Å². The smallest absolute Gasteiger partial charge is 0.272 e. The van der Waals surface area contributed by atoms with Crippen LogP contribution in [0.15, 0.2) is 41.9 Å². The summed E-state index contributed by atoms with van der Waals surface area (Å²) >= 11 is 0. The van der Waals surface area contributed by atoms with Crippen LogP contribution in [0.1, 0.15) is 42.6 Å². The molecule has 10 heteroatoms. The van der Waals surface area contributed by atoms with Crippen molar-refractivity contribution in [3.05, 3.63) is 53.1 Å². The molecule has 2 aliphatic rings. The number of methoxy groups -OCH3 is 1. The van der Waals surface area contributed by atoms with Crippen LogP contribution in [0.3, 0.4) is 0 Å². The summed E-state index contributed by atoms with van der Waals surface area (Å²) in [6.07, 6.45) is 5.27. The number of allylic oxidation sites excluding steroid dienone is 3. The van der Waals surface area contributed by atoms with Crippen molar-refractivity contribution in [3.8, 4) is 11.5 Å². The topological polar surface area (TPSA) is 104 Å². The highest BCUT2D eigenvalue weighted by atomic mass is 19.3. The van der Waals surface area contributed by atoms with Crippen LogP contribution in [-0.4, -0.2) is 67.6 Å². The van der Waals surface area contributed by atoms with Gasteiger partial charge in [0.15, 0.2) is 0 Å². The highest BCUT2D eigenvalue weighted by Crippen LogP contribution is 2.36. The highest BCUT2D eigenvalue weighted by Gasteiger charge is 2.29. The molecule has 1 amide bonds. The molecule has 1 fully saturated rings. The zero-order valence-corrected chi connectivity index (χ0v) is 20.2. The van der Waals surface area contributed by atoms with Crippen molar-refractivity contribution in [2.75, 3.05) is 27.4 Å². The van der Waals surface area contributed by atoms with E-state index in [-0.39, 0.29) is 29.7 Å². The predicted octanol–water partition coefficient (Wildman–Crippen LogP) is 3.72. The minimum absolute atomic E-state index is 0.0347. The van der Waals surface area contributed by atoms with Gasteiger partial charge < -0.3 is 34.9 Å². The van der Waals surface area contributed by atoms with E-state index in [4.69, 9.17) is 19.6 Å². The van der Waals surface area contributed by atoms with Crippen molar-refractivity contribution in [1.29, 1.82) is 5.41 Å². The Kier molecular flexibility index (Phi) is 8.16. The van der Waals surface area contributed by atoms with Gasteiger partial charge in [-0.05, 0) is 56.5 Å². The summed E-state index contributed by atoms with van der Waals surface area (Å²) in [6.45, 7) is 2.45. The molecule has 0 bridgehead atoms. The lowest BCUT2D eigenvalue weighted by Gasteiger charge is -2.29. The summed E-state index contributed by atoms with van der Waals surface area (Å²) in [5, 5.41) is 20.3. The summed E-state index contributed by atoms with van der Waals surface area (Å²) < 4.78 is 42.5. The third-order valence-electron chi connectivity index (χ3n) is 5.40. The molecule has 1 saturated carbocycles. The molecular weight excluding hydrogens is 460 g/mol. The van der Waals surface area contributed by atoms with Gasteiger partial charge >= 0.3 is 0 Å². The van der Waals surface area contributed by atoms with Crippen molar-refractivity contribution in [2.24, 2.45) is 0 Å². The lowest BCUT2D eigenvalue weighted by Crippen LogP contribution is -2.29. The molecule has 0 spiro atoms. The first-order valence-electron chi connectivity index (χ1n) is 11.2. The summed E-state index contributed by atoms with van der Waals surface area (Å²) in [5.74, 6) is 0.154. The monoisotopic (exact) mass is 491 g/mol.